The smallest absolute Gasteiger partial charge is 0.322 e. The van der Waals surface area contributed by atoms with Crippen molar-refractivity contribution in [2.24, 2.45) is 4.99 Å². The summed E-state index contributed by atoms with van der Waals surface area (Å²) in [4.78, 5) is 25.4. The van der Waals surface area contributed by atoms with Gasteiger partial charge in [0.15, 0.2) is 0 Å². The second-order valence-electron chi connectivity index (χ2n) is 6.50. The third-order valence-corrected chi connectivity index (χ3v) is 4.34. The van der Waals surface area contributed by atoms with Crippen molar-refractivity contribution in [1.29, 1.82) is 0 Å². The number of anilines is 1. The highest BCUT2D eigenvalue weighted by atomic mass is 16.5. The van der Waals surface area contributed by atoms with Crippen LogP contribution >= 0.6 is 0 Å². The number of hydrogen-bond donors (Lipinski definition) is 1. The van der Waals surface area contributed by atoms with Crippen molar-refractivity contribution in [3.8, 4) is 11.8 Å². The number of allylic oxidation sites excluding steroid dienone is 2. The highest BCUT2D eigenvalue weighted by molar-refractivity contribution is 6.08. The maximum atomic E-state index is 12.4. The fraction of sp³-hybridized carbons (Fsp3) is 0.167. The molecule has 0 atom stereocenters. The van der Waals surface area contributed by atoms with E-state index in [1.54, 1.807) is 30.6 Å². The first-order valence-corrected chi connectivity index (χ1v) is 9.75. The van der Waals surface area contributed by atoms with E-state index in [1.807, 2.05) is 63.2 Å². The van der Waals surface area contributed by atoms with Crippen LogP contribution in [0.2, 0.25) is 0 Å². The molecule has 1 aromatic heterocycles. The van der Waals surface area contributed by atoms with E-state index >= 15 is 0 Å². The average molecular weight is 400 g/mol. The molecule has 0 radical (unpaired) electrons. The number of amides is 1. The average Bonchev–Trinajstić information content (AvgIpc) is 2.77. The van der Waals surface area contributed by atoms with Crippen LogP contribution in [0.15, 0.2) is 71.9 Å². The van der Waals surface area contributed by atoms with Gasteiger partial charge in [-0.1, -0.05) is 30.3 Å². The maximum Gasteiger partial charge on any atom is 0.322 e. The Morgan fingerprint density at radius 1 is 1.17 bits per heavy atom. The summed E-state index contributed by atoms with van der Waals surface area (Å²) in [6.07, 6.45) is 5.38. The van der Waals surface area contributed by atoms with Gasteiger partial charge in [0.05, 0.1) is 5.69 Å². The predicted octanol–water partition coefficient (Wildman–Crippen LogP) is 5.32. The molecule has 0 saturated carbocycles. The minimum Gasteiger partial charge on any atom is -0.424 e. The molecule has 0 aliphatic heterocycles. The van der Waals surface area contributed by atoms with Crippen LogP contribution < -0.4 is 10.1 Å². The van der Waals surface area contributed by atoms with Gasteiger partial charge in [-0.05, 0) is 50.6 Å². The summed E-state index contributed by atoms with van der Waals surface area (Å²) >= 11 is 0. The van der Waals surface area contributed by atoms with E-state index in [0.29, 0.717) is 23.5 Å². The number of nitrogens with one attached hydrogen (secondary N) is 1. The Morgan fingerprint density at radius 2 is 1.97 bits per heavy atom. The zero-order valence-electron chi connectivity index (χ0n) is 17.3. The Labute approximate surface area is 176 Å². The van der Waals surface area contributed by atoms with Crippen molar-refractivity contribution in [3.63, 3.8) is 0 Å². The lowest BCUT2D eigenvalue weighted by Crippen LogP contribution is -2.11. The van der Waals surface area contributed by atoms with Crippen LogP contribution in [-0.2, 0) is 0 Å². The zero-order valence-corrected chi connectivity index (χ0v) is 17.3. The molecule has 0 spiro atoms. The lowest BCUT2D eigenvalue weighted by molar-refractivity contribution is 0.102. The molecule has 30 heavy (non-hydrogen) atoms. The van der Waals surface area contributed by atoms with Gasteiger partial charge in [0.2, 0.25) is 0 Å². The second-order valence-corrected chi connectivity index (χ2v) is 6.50. The monoisotopic (exact) mass is 400 g/mol. The van der Waals surface area contributed by atoms with Crippen LogP contribution in [0.5, 0.6) is 11.8 Å². The van der Waals surface area contributed by atoms with Gasteiger partial charge in [-0.15, -0.1) is 0 Å². The number of aryl methyl sites for hydroxylation is 1. The van der Waals surface area contributed by atoms with Crippen LogP contribution in [0, 0.1) is 6.92 Å². The lowest BCUT2D eigenvalue weighted by atomic mass is 10.2. The number of aromatic nitrogens is 2. The van der Waals surface area contributed by atoms with Crippen molar-refractivity contribution in [3.05, 3.63) is 83.7 Å². The summed E-state index contributed by atoms with van der Waals surface area (Å²) in [5.74, 6) is 0.388. The fourth-order valence-electron chi connectivity index (χ4n) is 2.71. The lowest BCUT2D eigenvalue weighted by Gasteiger charge is -2.11. The molecule has 0 bridgehead atoms. The summed E-state index contributed by atoms with van der Waals surface area (Å²) in [6.45, 7) is 6.53. The number of benzene rings is 2. The molecule has 0 aliphatic carbocycles. The van der Waals surface area contributed by atoms with Crippen molar-refractivity contribution >= 4 is 23.4 Å². The molecular formula is C24H24N4O2. The Balaban J connectivity index is 1.80. The maximum absolute atomic E-state index is 12.4. The Bertz CT molecular complexity index is 1080. The number of hydrogen-bond acceptors (Lipinski definition) is 5. The molecular weight excluding hydrogens is 376 g/mol. The number of carbonyl (C=O) groups is 1. The normalized spacial score (nSPS) is 11.5. The highest BCUT2D eigenvalue weighted by Gasteiger charge is 2.10. The quantitative estimate of drug-likeness (QED) is 0.544. The van der Waals surface area contributed by atoms with Crippen LogP contribution in [-0.4, -0.2) is 28.6 Å². The fourth-order valence-corrected chi connectivity index (χ4v) is 2.71. The van der Waals surface area contributed by atoms with Crippen LogP contribution in [0.25, 0.3) is 5.57 Å². The van der Waals surface area contributed by atoms with Gasteiger partial charge in [0, 0.05) is 41.8 Å². The summed E-state index contributed by atoms with van der Waals surface area (Å²) in [7, 11) is 0. The van der Waals surface area contributed by atoms with Gasteiger partial charge in [-0.25, -0.2) is 4.98 Å². The first kappa shape index (κ1) is 20.9. The van der Waals surface area contributed by atoms with Gasteiger partial charge < -0.3 is 10.1 Å². The highest BCUT2D eigenvalue weighted by Crippen LogP contribution is 2.27. The molecule has 0 fully saturated rings. The second kappa shape index (κ2) is 10.1. The third kappa shape index (κ3) is 5.38. The SMILES string of the molecule is C/C=C(\C=NCC)c1ccnc(Oc2cc(NC(=O)c3ccccc3)ccc2C)n1. The molecule has 0 unspecified atom stereocenters. The predicted molar refractivity (Wildman–Crippen MR) is 120 cm³/mol. The summed E-state index contributed by atoms with van der Waals surface area (Å²) < 4.78 is 5.93. The Kier molecular flexibility index (Phi) is 7.05. The molecule has 1 N–H and O–H groups in total. The van der Waals surface area contributed by atoms with Crippen LogP contribution in [0.3, 0.4) is 0 Å². The number of nitrogens with zero attached hydrogens (tertiary/aromatic N) is 3. The van der Waals surface area contributed by atoms with E-state index in [9.17, 15) is 4.79 Å². The summed E-state index contributed by atoms with van der Waals surface area (Å²) in [5, 5.41) is 2.89. The van der Waals surface area contributed by atoms with Gasteiger partial charge in [-0.2, -0.15) is 4.98 Å². The Hall–Kier alpha value is -3.80. The molecule has 3 aromatic rings. The molecule has 1 heterocycles. The molecule has 6 nitrogen and oxygen atoms in total. The van der Waals surface area contributed by atoms with Gasteiger partial charge >= 0.3 is 6.01 Å². The number of aliphatic imine (C=N–C) groups is 1. The molecule has 152 valence electrons. The third-order valence-electron chi connectivity index (χ3n) is 4.34. The van der Waals surface area contributed by atoms with Crippen molar-refractivity contribution in [2.45, 2.75) is 20.8 Å². The van der Waals surface area contributed by atoms with E-state index in [-0.39, 0.29) is 11.9 Å². The first-order chi connectivity index (χ1) is 14.6. The van der Waals surface area contributed by atoms with Gasteiger partial charge in [-0.3, -0.25) is 9.79 Å². The minimum atomic E-state index is -0.184. The summed E-state index contributed by atoms with van der Waals surface area (Å²) in [5.41, 5.74) is 3.74. The largest absolute Gasteiger partial charge is 0.424 e. The standard InChI is InChI=1S/C24H24N4O2/c1-4-18(16-25-5-2)21-13-14-26-24(28-21)30-22-15-20(12-11-17(22)3)27-23(29)19-9-7-6-8-10-19/h4,6-16H,5H2,1-3H3,(H,27,29)/b18-4+,25-16?. The number of rotatable bonds is 7. The van der Waals surface area contributed by atoms with Crippen molar-refractivity contribution in [1.82, 2.24) is 9.97 Å². The first-order valence-electron chi connectivity index (χ1n) is 9.75. The molecule has 0 saturated heterocycles. The Morgan fingerprint density at radius 3 is 2.70 bits per heavy atom. The number of ether oxygens (including phenoxy) is 1. The van der Waals surface area contributed by atoms with Gasteiger partial charge in [0.1, 0.15) is 5.75 Å². The zero-order chi connectivity index (χ0) is 21.3. The topological polar surface area (TPSA) is 76.5 Å². The van der Waals surface area contributed by atoms with Crippen molar-refractivity contribution in [2.75, 3.05) is 11.9 Å². The van der Waals surface area contributed by atoms with Crippen LogP contribution in [0.1, 0.15) is 35.5 Å². The van der Waals surface area contributed by atoms with E-state index in [2.05, 4.69) is 20.3 Å². The van der Waals surface area contributed by atoms with Crippen molar-refractivity contribution < 1.29 is 9.53 Å². The minimum absolute atomic E-state index is 0.184. The molecule has 3 rings (SSSR count). The van der Waals surface area contributed by atoms with Crippen LogP contribution in [0.4, 0.5) is 5.69 Å². The van der Waals surface area contributed by atoms with E-state index in [1.165, 1.54) is 0 Å². The van der Waals surface area contributed by atoms with E-state index in [0.717, 1.165) is 16.8 Å². The molecule has 1 amide bonds. The molecule has 2 aromatic carbocycles. The number of carbonyl (C=O) groups excluding carboxylic acids is 1. The van der Waals surface area contributed by atoms with E-state index in [4.69, 9.17) is 4.74 Å². The van der Waals surface area contributed by atoms with E-state index < -0.39 is 0 Å². The van der Waals surface area contributed by atoms with Gasteiger partial charge in [0.25, 0.3) is 5.91 Å². The molecule has 6 heteroatoms. The molecule has 0 aliphatic rings. The summed E-state index contributed by atoms with van der Waals surface area (Å²) in [6, 6.07) is 16.6.